The fourth-order valence-corrected chi connectivity index (χ4v) is 2.32. The summed E-state index contributed by atoms with van der Waals surface area (Å²) in [4.78, 5) is 8.24. The van der Waals surface area contributed by atoms with Gasteiger partial charge in [0, 0.05) is 12.4 Å². The van der Waals surface area contributed by atoms with E-state index in [1.54, 1.807) is 23.0 Å². The van der Waals surface area contributed by atoms with E-state index in [0.717, 1.165) is 5.69 Å². The molecule has 0 saturated carbocycles. The quantitative estimate of drug-likeness (QED) is 0.568. The monoisotopic (exact) mass is 333 g/mol. The van der Waals surface area contributed by atoms with Crippen LogP contribution in [0.3, 0.4) is 0 Å². The maximum atomic E-state index is 9.29. The minimum Gasteiger partial charge on any atom is -0.293 e. The van der Waals surface area contributed by atoms with Gasteiger partial charge in [0.1, 0.15) is 17.5 Å². The summed E-state index contributed by atoms with van der Waals surface area (Å²) in [6.07, 6.45) is 4.55. The molecule has 0 spiro atoms. The average Bonchev–Trinajstić information content (AvgIpc) is 3.29. The number of H-pyrrole nitrogens is 1. The molecule has 0 unspecified atom stereocenters. The molecule has 122 valence electrons. The normalized spacial score (nSPS) is 11.4. The molecule has 1 N–H and O–H groups in total. The molecular formula is C14H11N11. The Hall–Kier alpha value is -3.94. The van der Waals surface area contributed by atoms with Crippen molar-refractivity contribution in [1.29, 1.82) is 5.26 Å². The lowest BCUT2D eigenvalue weighted by Gasteiger charge is -2.00. The number of nitrogens with zero attached hydrogens (tertiary/aromatic N) is 10. The van der Waals surface area contributed by atoms with E-state index in [1.807, 2.05) is 19.9 Å². The van der Waals surface area contributed by atoms with Crippen molar-refractivity contribution in [2.24, 2.45) is 10.2 Å². The highest BCUT2D eigenvalue weighted by molar-refractivity contribution is 5.66. The largest absolute Gasteiger partial charge is 0.293 e. The van der Waals surface area contributed by atoms with Gasteiger partial charge in [-0.25, -0.2) is 14.5 Å². The summed E-state index contributed by atoms with van der Waals surface area (Å²) in [5.41, 5.74) is 2.13. The number of nitriles is 1. The van der Waals surface area contributed by atoms with Crippen molar-refractivity contribution in [3.05, 3.63) is 41.7 Å². The molecular weight excluding hydrogens is 322 g/mol. The number of nitrogens with one attached hydrogen (secondary N) is 1. The second-order valence-electron chi connectivity index (χ2n) is 5.15. The van der Waals surface area contributed by atoms with Gasteiger partial charge in [0.05, 0.1) is 11.9 Å². The molecule has 0 aliphatic carbocycles. The number of hydrogen-bond acceptors (Lipinski definition) is 8. The van der Waals surface area contributed by atoms with Crippen LogP contribution in [0, 0.1) is 25.2 Å². The van der Waals surface area contributed by atoms with Gasteiger partial charge < -0.3 is 0 Å². The zero-order valence-corrected chi connectivity index (χ0v) is 13.3. The van der Waals surface area contributed by atoms with Crippen LogP contribution in [0.1, 0.15) is 17.1 Å². The van der Waals surface area contributed by atoms with Gasteiger partial charge in [-0.05, 0) is 19.9 Å². The minimum absolute atomic E-state index is 0.240. The maximum Gasteiger partial charge on any atom is 0.252 e. The molecule has 0 aliphatic rings. The molecule has 0 radical (unpaired) electrons. The van der Waals surface area contributed by atoms with E-state index in [4.69, 9.17) is 0 Å². The minimum atomic E-state index is 0.240. The van der Waals surface area contributed by atoms with Crippen molar-refractivity contribution in [2.75, 3.05) is 0 Å². The Morgan fingerprint density at radius 1 is 1.16 bits per heavy atom. The summed E-state index contributed by atoms with van der Waals surface area (Å²) in [7, 11) is 0. The first-order valence-corrected chi connectivity index (χ1v) is 7.26. The molecule has 11 nitrogen and oxygen atoms in total. The third kappa shape index (κ3) is 2.32. The summed E-state index contributed by atoms with van der Waals surface area (Å²) < 4.78 is 3.07. The number of fused-ring (bicyclic) bond motifs is 1. The van der Waals surface area contributed by atoms with Gasteiger partial charge in [-0.1, -0.05) is 0 Å². The van der Waals surface area contributed by atoms with Crippen LogP contribution < -0.4 is 0 Å². The predicted molar refractivity (Wildman–Crippen MR) is 84.9 cm³/mol. The van der Waals surface area contributed by atoms with Crippen molar-refractivity contribution in [2.45, 2.75) is 13.8 Å². The predicted octanol–water partition coefficient (Wildman–Crippen LogP) is 1.94. The number of aryl methyl sites for hydroxylation is 2. The van der Waals surface area contributed by atoms with Gasteiger partial charge in [0.25, 0.3) is 5.95 Å². The summed E-state index contributed by atoms with van der Waals surface area (Å²) in [6, 6.07) is 3.73. The van der Waals surface area contributed by atoms with Crippen molar-refractivity contribution in [1.82, 2.24) is 39.6 Å². The third-order valence-electron chi connectivity index (χ3n) is 3.52. The fourth-order valence-electron chi connectivity index (χ4n) is 2.32. The molecule has 0 aliphatic heterocycles. The summed E-state index contributed by atoms with van der Waals surface area (Å²) in [6.45, 7) is 3.68. The van der Waals surface area contributed by atoms with Gasteiger partial charge >= 0.3 is 0 Å². The fraction of sp³-hybridized carbons (Fsp3) is 0.143. The Labute approximate surface area is 140 Å². The number of aromatic amines is 1. The lowest BCUT2D eigenvalue weighted by molar-refractivity contribution is 0.803. The lowest BCUT2D eigenvalue weighted by Crippen LogP contribution is -2.01. The first-order chi connectivity index (χ1) is 12.2. The highest BCUT2D eigenvalue weighted by atomic mass is 15.4. The highest BCUT2D eigenvalue weighted by Gasteiger charge is 2.16. The van der Waals surface area contributed by atoms with E-state index in [0.29, 0.717) is 23.1 Å². The van der Waals surface area contributed by atoms with Gasteiger partial charge in [0.2, 0.25) is 5.65 Å². The number of aromatic nitrogens is 8. The van der Waals surface area contributed by atoms with Crippen LogP contribution >= 0.6 is 0 Å². The van der Waals surface area contributed by atoms with Gasteiger partial charge in [-0.2, -0.15) is 15.0 Å². The molecule has 0 bridgehead atoms. The summed E-state index contributed by atoms with van der Waals surface area (Å²) in [5.74, 6) is 1.25. The number of rotatable bonds is 3. The van der Waals surface area contributed by atoms with E-state index in [1.165, 1.54) is 10.9 Å². The highest BCUT2D eigenvalue weighted by Crippen LogP contribution is 2.28. The second-order valence-corrected chi connectivity index (χ2v) is 5.15. The topological polar surface area (TPSA) is 138 Å². The van der Waals surface area contributed by atoms with Gasteiger partial charge in [-0.15, -0.1) is 20.4 Å². The third-order valence-corrected chi connectivity index (χ3v) is 3.52. The Morgan fingerprint density at radius 3 is 2.72 bits per heavy atom. The molecule has 0 fully saturated rings. The van der Waals surface area contributed by atoms with E-state index in [2.05, 4.69) is 40.6 Å². The second kappa shape index (κ2) is 5.60. The van der Waals surface area contributed by atoms with Gasteiger partial charge in [-0.3, -0.25) is 5.10 Å². The Kier molecular flexibility index (Phi) is 3.28. The Bertz CT molecular complexity index is 1120. The average molecular weight is 333 g/mol. The van der Waals surface area contributed by atoms with Crippen LogP contribution in [0.2, 0.25) is 0 Å². The molecule has 4 rings (SSSR count). The van der Waals surface area contributed by atoms with E-state index >= 15 is 0 Å². The molecule has 25 heavy (non-hydrogen) atoms. The zero-order valence-electron chi connectivity index (χ0n) is 13.3. The Morgan fingerprint density at radius 2 is 1.96 bits per heavy atom. The first kappa shape index (κ1) is 14.6. The lowest BCUT2D eigenvalue weighted by atomic mass is 10.4. The SMILES string of the molecule is Cc1[nH]n2c(C)nnc2c1N=Nc1c(C#N)cnn1-c1ncccn1. The van der Waals surface area contributed by atoms with Crippen molar-refractivity contribution >= 4 is 17.2 Å². The molecule has 0 saturated heterocycles. The molecule has 11 heteroatoms. The van der Waals surface area contributed by atoms with Crippen LogP contribution in [0.15, 0.2) is 34.9 Å². The smallest absolute Gasteiger partial charge is 0.252 e. The summed E-state index contributed by atoms with van der Waals surface area (Å²) >= 11 is 0. The summed E-state index contributed by atoms with van der Waals surface area (Å²) in [5, 5.41) is 33.0. The van der Waals surface area contributed by atoms with Crippen molar-refractivity contribution in [3.8, 4) is 12.0 Å². The van der Waals surface area contributed by atoms with Crippen LogP contribution in [-0.4, -0.2) is 39.6 Å². The molecule has 4 aromatic rings. The molecule has 0 atom stereocenters. The van der Waals surface area contributed by atoms with Crippen LogP contribution in [0.25, 0.3) is 11.6 Å². The molecule has 0 amide bonds. The molecule has 4 heterocycles. The van der Waals surface area contributed by atoms with Crippen molar-refractivity contribution < 1.29 is 0 Å². The first-order valence-electron chi connectivity index (χ1n) is 7.26. The molecule has 4 aromatic heterocycles. The zero-order chi connectivity index (χ0) is 17.4. The molecule has 0 aromatic carbocycles. The van der Waals surface area contributed by atoms with E-state index < -0.39 is 0 Å². The van der Waals surface area contributed by atoms with E-state index in [9.17, 15) is 5.26 Å². The number of azo groups is 1. The van der Waals surface area contributed by atoms with Crippen LogP contribution in [0.4, 0.5) is 11.5 Å². The maximum absolute atomic E-state index is 9.29. The van der Waals surface area contributed by atoms with Crippen molar-refractivity contribution in [3.63, 3.8) is 0 Å². The van der Waals surface area contributed by atoms with Crippen LogP contribution in [-0.2, 0) is 0 Å². The standard InChI is InChI=1S/C14H11N11/c1-8-11(13-22-19-9(2)24(13)23-8)20-21-12-10(6-15)7-18-25(12)14-16-4-3-5-17-14/h3-5,7,23H,1-2H3. The van der Waals surface area contributed by atoms with Crippen LogP contribution in [0.5, 0.6) is 0 Å². The van der Waals surface area contributed by atoms with E-state index in [-0.39, 0.29) is 11.4 Å². The van der Waals surface area contributed by atoms with Gasteiger partial charge in [0.15, 0.2) is 11.5 Å². The number of hydrogen-bond donors (Lipinski definition) is 1. The Balaban J connectivity index is 1.83.